The molecule has 0 saturated carbocycles. The summed E-state index contributed by atoms with van der Waals surface area (Å²) in [6, 6.07) is 5.86. The molecule has 5 heteroatoms. The van der Waals surface area contributed by atoms with E-state index in [-0.39, 0.29) is 0 Å². The maximum atomic E-state index is 8.67. The van der Waals surface area contributed by atoms with Gasteiger partial charge in [0.25, 0.3) is 11.4 Å². The van der Waals surface area contributed by atoms with E-state index in [4.69, 9.17) is 13.3 Å². The fourth-order valence-electron chi connectivity index (χ4n) is 0.448. The molecule has 0 saturated heterocycles. The summed E-state index contributed by atoms with van der Waals surface area (Å²) in [5, 5.41) is 0. The molecule has 0 aliphatic carbocycles. The largest absolute Gasteiger partial charge is 0.299 e. The summed E-state index contributed by atoms with van der Waals surface area (Å²) in [5.74, 6) is 0. The lowest BCUT2D eigenvalue weighted by atomic mass is 10.4. The predicted octanol–water partition coefficient (Wildman–Crippen LogP) is 1.07. The molecule has 2 N–H and O–H groups in total. The van der Waals surface area contributed by atoms with Crippen LogP contribution in [0.25, 0.3) is 0 Å². The lowest BCUT2D eigenvalue weighted by Crippen LogP contribution is -1.74. The molecule has 0 radical (unpaired) electrons. The van der Waals surface area contributed by atoms with Crippen molar-refractivity contribution in [2.45, 2.75) is 6.92 Å². The van der Waals surface area contributed by atoms with Crippen LogP contribution in [-0.2, 0) is 11.4 Å². The third-order valence-corrected chi connectivity index (χ3v) is 0.813. The zero-order chi connectivity index (χ0) is 8.69. The Morgan fingerprint density at radius 2 is 2.00 bits per heavy atom. The van der Waals surface area contributed by atoms with Crippen molar-refractivity contribution in [3.8, 4) is 0 Å². The molecule has 0 aliphatic rings. The Kier molecular flexibility index (Phi) is 5.54. The summed E-state index contributed by atoms with van der Waals surface area (Å²) in [4.78, 5) is 3.98. The van der Waals surface area contributed by atoms with Gasteiger partial charge in [-0.1, -0.05) is 6.07 Å². The van der Waals surface area contributed by atoms with Crippen molar-refractivity contribution in [3.05, 3.63) is 30.1 Å². The number of aryl methyl sites for hydroxylation is 1. The van der Waals surface area contributed by atoms with E-state index in [2.05, 4.69) is 4.98 Å². The van der Waals surface area contributed by atoms with Crippen LogP contribution in [0.1, 0.15) is 5.69 Å². The molecule has 1 aromatic heterocycles. The number of aromatic nitrogens is 1. The Hall–Kier alpha value is -0.780. The van der Waals surface area contributed by atoms with Gasteiger partial charge in [-0.2, -0.15) is 4.21 Å². The van der Waals surface area contributed by atoms with Crippen LogP contribution >= 0.6 is 0 Å². The van der Waals surface area contributed by atoms with E-state index in [0.717, 1.165) is 5.69 Å². The van der Waals surface area contributed by atoms with E-state index in [1.807, 2.05) is 25.1 Å². The molecule has 1 heterocycles. The molecule has 11 heavy (non-hydrogen) atoms. The summed E-state index contributed by atoms with van der Waals surface area (Å²) < 4.78 is 22.8. The fourth-order valence-corrected chi connectivity index (χ4v) is 0.448. The van der Waals surface area contributed by atoms with Crippen LogP contribution in [-0.4, -0.2) is 18.3 Å². The van der Waals surface area contributed by atoms with Crippen LogP contribution in [0.2, 0.25) is 0 Å². The number of rotatable bonds is 0. The van der Waals surface area contributed by atoms with Gasteiger partial charge in [0.2, 0.25) is 0 Å². The van der Waals surface area contributed by atoms with Crippen molar-refractivity contribution in [1.82, 2.24) is 4.98 Å². The summed E-state index contributed by atoms with van der Waals surface area (Å²) in [5.41, 5.74) is 1.07. The van der Waals surface area contributed by atoms with Crippen molar-refractivity contribution < 1.29 is 13.3 Å². The van der Waals surface area contributed by atoms with Crippen molar-refractivity contribution >= 4 is 11.4 Å². The predicted molar refractivity (Wildman–Crippen MR) is 42.4 cm³/mol. The fraction of sp³-hybridized carbons (Fsp3) is 0.167. The van der Waals surface area contributed by atoms with Gasteiger partial charge in [0.05, 0.1) is 0 Å². The summed E-state index contributed by atoms with van der Waals surface area (Å²) >= 11 is -2.61. The zero-order valence-corrected chi connectivity index (χ0v) is 6.78. The van der Waals surface area contributed by atoms with E-state index in [1.54, 1.807) is 6.20 Å². The molecule has 0 fully saturated rings. The van der Waals surface area contributed by atoms with Crippen LogP contribution in [0.3, 0.4) is 0 Å². The summed E-state index contributed by atoms with van der Waals surface area (Å²) in [7, 11) is 0. The molecule has 1 rings (SSSR count). The standard InChI is InChI=1S/C6H7N.H2O3S/c1-6-4-2-3-5-7-6;1-4(2)3/h2-5H,1H3;(H2,1,2,3). The first-order valence-corrected chi connectivity index (χ1v) is 3.87. The maximum absolute atomic E-state index is 8.67. The minimum absolute atomic E-state index is 1.07. The lowest BCUT2D eigenvalue weighted by molar-refractivity contribution is 0.454. The molecule has 0 bridgehead atoms. The molecule has 0 atom stereocenters. The van der Waals surface area contributed by atoms with Crippen LogP contribution in [0.5, 0.6) is 0 Å². The Morgan fingerprint density at radius 3 is 2.18 bits per heavy atom. The highest BCUT2D eigenvalue weighted by molar-refractivity contribution is 7.73. The molecule has 0 amide bonds. The highest BCUT2D eigenvalue weighted by Gasteiger charge is 1.73. The highest BCUT2D eigenvalue weighted by Crippen LogP contribution is 1.85. The number of hydrogen-bond acceptors (Lipinski definition) is 2. The van der Waals surface area contributed by atoms with E-state index < -0.39 is 11.4 Å². The second-order valence-electron chi connectivity index (χ2n) is 1.70. The molecule has 4 nitrogen and oxygen atoms in total. The van der Waals surface area contributed by atoms with Crippen LogP contribution < -0.4 is 0 Å². The van der Waals surface area contributed by atoms with Gasteiger partial charge in [0.15, 0.2) is 0 Å². The van der Waals surface area contributed by atoms with Crippen LogP contribution in [0, 0.1) is 6.92 Å². The molecule has 0 aliphatic heterocycles. The van der Waals surface area contributed by atoms with E-state index in [0.29, 0.717) is 0 Å². The first-order chi connectivity index (χ1) is 5.13. The number of hydrogen-bond donors (Lipinski definition) is 2. The zero-order valence-electron chi connectivity index (χ0n) is 5.97. The molecule has 0 spiro atoms. The first-order valence-electron chi connectivity index (χ1n) is 2.80. The summed E-state index contributed by atoms with van der Waals surface area (Å²) in [6.07, 6.45) is 1.79. The first kappa shape index (κ1) is 10.2. The van der Waals surface area contributed by atoms with E-state index >= 15 is 0 Å². The molecule has 0 aromatic carbocycles. The average Bonchev–Trinajstić information content (AvgIpc) is 1.87. The third-order valence-electron chi connectivity index (χ3n) is 0.813. The molecule has 1 aromatic rings. The third kappa shape index (κ3) is 9.22. The normalized spacial score (nSPS) is 8.73. The Morgan fingerprint density at radius 1 is 1.45 bits per heavy atom. The monoisotopic (exact) mass is 175 g/mol. The van der Waals surface area contributed by atoms with E-state index in [9.17, 15) is 0 Å². The molecule has 0 unspecified atom stereocenters. The Labute approximate surface area is 67.4 Å². The SMILES string of the molecule is Cc1ccccn1.O=S(O)O. The van der Waals surface area contributed by atoms with Gasteiger partial charge in [0, 0.05) is 11.9 Å². The van der Waals surface area contributed by atoms with Crippen molar-refractivity contribution in [3.63, 3.8) is 0 Å². The topological polar surface area (TPSA) is 70.4 Å². The average molecular weight is 175 g/mol. The Bertz CT molecular complexity index is 210. The van der Waals surface area contributed by atoms with Gasteiger partial charge in [-0.25, -0.2) is 0 Å². The molecule has 62 valence electrons. The highest BCUT2D eigenvalue weighted by atomic mass is 32.2. The number of pyridine rings is 1. The Balaban J connectivity index is 0.000000218. The second kappa shape index (κ2) is 5.96. The molecular formula is C6H9NO3S. The smallest absolute Gasteiger partial charge is 0.284 e. The van der Waals surface area contributed by atoms with Crippen molar-refractivity contribution in [1.29, 1.82) is 0 Å². The van der Waals surface area contributed by atoms with Gasteiger partial charge in [0.1, 0.15) is 0 Å². The maximum Gasteiger partial charge on any atom is 0.299 e. The number of nitrogens with zero attached hydrogens (tertiary/aromatic N) is 1. The van der Waals surface area contributed by atoms with Gasteiger partial charge < -0.3 is 0 Å². The minimum Gasteiger partial charge on any atom is -0.284 e. The van der Waals surface area contributed by atoms with Crippen LogP contribution in [0.15, 0.2) is 24.4 Å². The lowest BCUT2D eigenvalue weighted by Gasteiger charge is -1.82. The van der Waals surface area contributed by atoms with Gasteiger partial charge in [-0.05, 0) is 19.1 Å². The van der Waals surface area contributed by atoms with Gasteiger partial charge in [-0.3, -0.25) is 14.1 Å². The van der Waals surface area contributed by atoms with Crippen LogP contribution in [0.4, 0.5) is 0 Å². The summed E-state index contributed by atoms with van der Waals surface area (Å²) in [6.45, 7) is 1.97. The van der Waals surface area contributed by atoms with Crippen molar-refractivity contribution in [2.75, 3.05) is 0 Å². The van der Waals surface area contributed by atoms with Gasteiger partial charge >= 0.3 is 0 Å². The van der Waals surface area contributed by atoms with E-state index in [1.165, 1.54) is 0 Å². The van der Waals surface area contributed by atoms with Gasteiger partial charge in [-0.15, -0.1) is 0 Å². The second-order valence-corrected chi connectivity index (χ2v) is 2.16. The molecular weight excluding hydrogens is 166 g/mol. The van der Waals surface area contributed by atoms with Crippen molar-refractivity contribution in [2.24, 2.45) is 0 Å². The minimum atomic E-state index is -2.61. The quantitative estimate of drug-likeness (QED) is 0.578.